The first kappa shape index (κ1) is 24.6. The summed E-state index contributed by atoms with van der Waals surface area (Å²) in [5.74, 6) is -0.356. The Bertz CT molecular complexity index is 1530. The summed E-state index contributed by atoms with van der Waals surface area (Å²) in [7, 11) is -2.47. The fourth-order valence-corrected chi connectivity index (χ4v) is 4.41. The molecule has 0 aliphatic carbocycles. The number of nitrogens with zero attached hydrogens (tertiary/aromatic N) is 5. The highest BCUT2D eigenvalue weighted by Crippen LogP contribution is 2.34. The summed E-state index contributed by atoms with van der Waals surface area (Å²) >= 11 is 0. The monoisotopic (exact) mass is 515 g/mol. The second-order valence-corrected chi connectivity index (χ2v) is 9.70. The lowest BCUT2D eigenvalue weighted by Gasteiger charge is -2.12. The summed E-state index contributed by atoms with van der Waals surface area (Å²) in [6, 6.07) is 3.86. The highest BCUT2D eigenvalue weighted by molar-refractivity contribution is 7.91. The number of hydrogen-bond acceptors (Lipinski definition) is 6. The van der Waals surface area contributed by atoms with Crippen LogP contribution in [0.1, 0.15) is 18.3 Å². The van der Waals surface area contributed by atoms with Gasteiger partial charge in [-0.2, -0.15) is 26.3 Å². The number of halogens is 6. The average molecular weight is 515 g/mol. The Morgan fingerprint density at radius 2 is 1.49 bits per heavy atom. The van der Waals surface area contributed by atoms with Crippen LogP contribution in [-0.4, -0.2) is 38.7 Å². The summed E-state index contributed by atoms with van der Waals surface area (Å²) in [6.07, 6.45) is -6.18. The Kier molecular flexibility index (Phi) is 5.82. The number of alkyl halides is 6. The number of sulfone groups is 1. The molecule has 35 heavy (non-hydrogen) atoms. The Morgan fingerprint density at radius 3 is 2.06 bits per heavy atom. The van der Waals surface area contributed by atoms with Crippen LogP contribution in [-0.2, 0) is 29.2 Å². The third-order valence-corrected chi connectivity index (χ3v) is 6.97. The van der Waals surface area contributed by atoms with Crippen molar-refractivity contribution in [2.45, 2.75) is 24.2 Å². The first-order valence-electron chi connectivity index (χ1n) is 9.89. The molecule has 14 heteroatoms. The van der Waals surface area contributed by atoms with Gasteiger partial charge < -0.3 is 4.57 Å². The molecule has 0 aliphatic heterocycles. The quantitative estimate of drug-likeness (QED) is 0.359. The van der Waals surface area contributed by atoms with Gasteiger partial charge in [-0.25, -0.2) is 18.4 Å². The molecule has 0 aliphatic rings. The number of fused-ring (bicyclic) bond motifs is 1. The molecule has 4 aromatic heterocycles. The molecule has 0 unspecified atom stereocenters. The van der Waals surface area contributed by atoms with Gasteiger partial charge in [-0.3, -0.25) is 9.97 Å². The maximum atomic E-state index is 13.1. The molecule has 0 fully saturated rings. The van der Waals surface area contributed by atoms with Gasteiger partial charge in [-0.05, 0) is 18.2 Å². The van der Waals surface area contributed by atoms with Crippen molar-refractivity contribution >= 4 is 20.9 Å². The third-order valence-electron chi connectivity index (χ3n) is 5.22. The van der Waals surface area contributed by atoms with Crippen LogP contribution < -0.4 is 0 Å². The molecule has 4 rings (SSSR count). The number of pyridine rings is 3. The van der Waals surface area contributed by atoms with Gasteiger partial charge in [-0.1, -0.05) is 13.0 Å². The molecule has 0 amide bonds. The minimum atomic E-state index is -4.70. The lowest BCUT2D eigenvalue weighted by Crippen LogP contribution is -2.09. The van der Waals surface area contributed by atoms with Crippen LogP contribution in [0.2, 0.25) is 0 Å². The number of rotatable bonds is 4. The SMILES string of the molecule is CCS(=O)(=O)c1cc(-c2ccc(C(F)(F)F)nc2)cnc1-c1nc2cc(C(F)(F)F)ncc2n1C. The van der Waals surface area contributed by atoms with Crippen LogP contribution in [0.15, 0.2) is 47.8 Å². The predicted molar refractivity (Wildman–Crippen MR) is 113 cm³/mol. The molecular formula is C21H15F6N5O2S. The zero-order chi connectivity index (χ0) is 25.8. The first-order valence-corrected chi connectivity index (χ1v) is 11.5. The van der Waals surface area contributed by atoms with Gasteiger partial charge in [0.2, 0.25) is 0 Å². The third kappa shape index (κ3) is 4.57. The average Bonchev–Trinajstić information content (AvgIpc) is 3.13. The van der Waals surface area contributed by atoms with E-state index in [0.29, 0.717) is 0 Å². The van der Waals surface area contributed by atoms with Crippen molar-refractivity contribution in [2.75, 3.05) is 5.75 Å². The van der Waals surface area contributed by atoms with Crippen LogP contribution in [0.4, 0.5) is 26.3 Å². The second kappa shape index (κ2) is 8.29. The van der Waals surface area contributed by atoms with Crippen molar-refractivity contribution in [1.29, 1.82) is 0 Å². The maximum Gasteiger partial charge on any atom is 0.433 e. The van der Waals surface area contributed by atoms with E-state index in [-0.39, 0.29) is 44.3 Å². The van der Waals surface area contributed by atoms with Gasteiger partial charge in [0, 0.05) is 30.6 Å². The Balaban J connectivity index is 1.88. The second-order valence-electron chi connectivity index (χ2n) is 7.45. The van der Waals surface area contributed by atoms with E-state index in [9.17, 15) is 34.8 Å². The van der Waals surface area contributed by atoms with Crippen LogP contribution >= 0.6 is 0 Å². The van der Waals surface area contributed by atoms with Crippen molar-refractivity contribution in [3.63, 3.8) is 0 Å². The molecule has 7 nitrogen and oxygen atoms in total. The molecule has 4 aromatic rings. The fraction of sp³-hybridized carbons (Fsp3) is 0.238. The molecule has 0 N–H and O–H groups in total. The lowest BCUT2D eigenvalue weighted by atomic mass is 10.1. The highest BCUT2D eigenvalue weighted by Gasteiger charge is 2.34. The Morgan fingerprint density at radius 1 is 0.857 bits per heavy atom. The van der Waals surface area contributed by atoms with E-state index >= 15 is 0 Å². The molecule has 0 bridgehead atoms. The summed E-state index contributed by atoms with van der Waals surface area (Å²) in [5, 5.41) is 0. The van der Waals surface area contributed by atoms with E-state index in [2.05, 4.69) is 19.9 Å². The van der Waals surface area contributed by atoms with Gasteiger partial charge in [-0.15, -0.1) is 0 Å². The van der Waals surface area contributed by atoms with Crippen molar-refractivity contribution in [2.24, 2.45) is 7.05 Å². The molecule has 4 heterocycles. The van der Waals surface area contributed by atoms with Crippen molar-refractivity contribution in [3.8, 4) is 22.6 Å². The summed E-state index contributed by atoms with van der Waals surface area (Å²) in [6.45, 7) is 1.39. The first-order chi connectivity index (χ1) is 16.2. The standard InChI is InChI=1S/C21H15F6N5O2S/c1-3-35(33,34)15-6-12(11-4-5-16(28-8-11)20(22,23)24)9-30-18(15)19-31-13-7-17(21(25,26)27)29-10-14(13)32(19)2/h4-10H,3H2,1-2H3. The lowest BCUT2D eigenvalue weighted by molar-refractivity contribution is -0.141. The molecule has 0 aromatic carbocycles. The summed E-state index contributed by atoms with van der Waals surface area (Å²) in [5.41, 5.74) is -1.88. The van der Waals surface area contributed by atoms with Gasteiger partial charge in [0.15, 0.2) is 15.7 Å². The van der Waals surface area contributed by atoms with Gasteiger partial charge in [0.25, 0.3) is 0 Å². The molecule has 0 radical (unpaired) electrons. The van der Waals surface area contributed by atoms with E-state index < -0.39 is 33.6 Å². The molecule has 0 saturated carbocycles. The van der Waals surface area contributed by atoms with E-state index in [0.717, 1.165) is 30.6 Å². The predicted octanol–water partition coefficient (Wildman–Crippen LogP) is 4.92. The van der Waals surface area contributed by atoms with E-state index in [1.807, 2.05) is 0 Å². The smallest absolute Gasteiger partial charge is 0.324 e. The van der Waals surface area contributed by atoms with Gasteiger partial charge in [0.1, 0.15) is 17.1 Å². The summed E-state index contributed by atoms with van der Waals surface area (Å²) < 4.78 is 105. The van der Waals surface area contributed by atoms with E-state index in [1.165, 1.54) is 30.8 Å². The van der Waals surface area contributed by atoms with Crippen molar-refractivity contribution in [1.82, 2.24) is 24.5 Å². The number of aryl methyl sites for hydroxylation is 1. The summed E-state index contributed by atoms with van der Waals surface area (Å²) in [4.78, 5) is 14.8. The maximum absolute atomic E-state index is 13.1. The zero-order valence-corrected chi connectivity index (χ0v) is 18.8. The number of hydrogen-bond donors (Lipinski definition) is 0. The molecule has 184 valence electrons. The number of aromatic nitrogens is 5. The van der Waals surface area contributed by atoms with E-state index in [4.69, 9.17) is 0 Å². The Hall–Kier alpha value is -3.55. The fourth-order valence-electron chi connectivity index (χ4n) is 3.35. The largest absolute Gasteiger partial charge is 0.433 e. The van der Waals surface area contributed by atoms with E-state index in [1.54, 1.807) is 0 Å². The molecule has 0 atom stereocenters. The highest BCUT2D eigenvalue weighted by atomic mass is 32.2. The van der Waals surface area contributed by atoms with Gasteiger partial charge in [0.05, 0.1) is 27.9 Å². The zero-order valence-electron chi connectivity index (χ0n) is 18.0. The van der Waals surface area contributed by atoms with Crippen LogP contribution in [0, 0.1) is 0 Å². The van der Waals surface area contributed by atoms with Gasteiger partial charge >= 0.3 is 12.4 Å². The molecule has 0 saturated heterocycles. The molecule has 0 spiro atoms. The topological polar surface area (TPSA) is 90.6 Å². The van der Waals surface area contributed by atoms with Crippen LogP contribution in [0.5, 0.6) is 0 Å². The number of imidazole rings is 1. The van der Waals surface area contributed by atoms with Crippen molar-refractivity contribution < 1.29 is 34.8 Å². The minimum absolute atomic E-state index is 0.0229. The van der Waals surface area contributed by atoms with Crippen LogP contribution in [0.3, 0.4) is 0 Å². The molecular weight excluding hydrogens is 500 g/mol. The van der Waals surface area contributed by atoms with Crippen molar-refractivity contribution in [3.05, 3.63) is 54.2 Å². The minimum Gasteiger partial charge on any atom is -0.324 e. The normalized spacial score (nSPS) is 12.9. The Labute approximate surface area is 194 Å². The van der Waals surface area contributed by atoms with Crippen LogP contribution in [0.25, 0.3) is 33.7 Å².